The van der Waals surface area contributed by atoms with Crippen LogP contribution >= 0.6 is 0 Å². The fourth-order valence-corrected chi connectivity index (χ4v) is 2.74. The summed E-state index contributed by atoms with van der Waals surface area (Å²) in [6.07, 6.45) is 3.33. The average Bonchev–Trinajstić information content (AvgIpc) is 3.10. The van der Waals surface area contributed by atoms with Crippen molar-refractivity contribution in [3.05, 3.63) is 69.7 Å². The Kier molecular flexibility index (Phi) is 3.98. The Morgan fingerprint density at radius 2 is 2.27 bits per heavy atom. The predicted molar refractivity (Wildman–Crippen MR) is 87.7 cm³/mol. The summed E-state index contributed by atoms with van der Waals surface area (Å²) in [5.41, 5.74) is 1.61. The van der Waals surface area contributed by atoms with Gasteiger partial charge in [-0.2, -0.15) is 0 Å². The molecular formula is C17H13N3O6. The lowest BCUT2D eigenvalue weighted by molar-refractivity contribution is -0.385. The van der Waals surface area contributed by atoms with E-state index in [1.807, 2.05) is 12.1 Å². The maximum absolute atomic E-state index is 12.3. The first-order chi connectivity index (χ1) is 12.6. The van der Waals surface area contributed by atoms with Gasteiger partial charge in [-0.05, 0) is 12.1 Å². The molecule has 0 atom stereocenters. The van der Waals surface area contributed by atoms with Crippen LogP contribution in [0.15, 0.2) is 42.7 Å². The molecule has 4 rings (SSSR count). The molecule has 0 radical (unpaired) electrons. The van der Waals surface area contributed by atoms with Gasteiger partial charge in [0.05, 0.1) is 11.5 Å². The lowest BCUT2D eigenvalue weighted by atomic mass is 10.1. The number of pyridine rings is 1. The van der Waals surface area contributed by atoms with Gasteiger partial charge >= 0.3 is 5.97 Å². The van der Waals surface area contributed by atoms with Gasteiger partial charge in [-0.15, -0.1) is 0 Å². The van der Waals surface area contributed by atoms with Crippen LogP contribution in [0.2, 0.25) is 0 Å². The van der Waals surface area contributed by atoms with Crippen LogP contribution in [-0.2, 0) is 22.7 Å². The molecule has 1 aromatic carbocycles. The fraction of sp³-hybridized carbons (Fsp3) is 0.176. The number of hydrogen-bond acceptors (Lipinski definition) is 7. The van der Waals surface area contributed by atoms with Gasteiger partial charge in [-0.3, -0.25) is 10.1 Å². The minimum atomic E-state index is -0.624. The van der Waals surface area contributed by atoms with Crippen LogP contribution in [0.3, 0.4) is 0 Å². The van der Waals surface area contributed by atoms with Gasteiger partial charge in [-0.25, -0.2) is 9.78 Å². The molecule has 132 valence electrons. The van der Waals surface area contributed by atoms with E-state index < -0.39 is 10.9 Å². The second kappa shape index (κ2) is 6.45. The highest BCUT2D eigenvalue weighted by Gasteiger charge is 2.22. The standard InChI is InChI=1S/C17H13N3O6/c21-17(14-7-19-4-2-1-3-15(19)18-14)25-9-12-6-13(20(22)23)5-11-8-24-10-26-16(11)12/h1-7H,8-10H2. The van der Waals surface area contributed by atoms with Crippen LogP contribution in [0.1, 0.15) is 21.6 Å². The molecule has 3 aromatic rings. The number of imidazole rings is 1. The van der Waals surface area contributed by atoms with Crippen molar-refractivity contribution in [3.8, 4) is 5.75 Å². The molecule has 0 saturated heterocycles. The summed E-state index contributed by atoms with van der Waals surface area (Å²) in [4.78, 5) is 27.1. The number of benzene rings is 1. The first kappa shape index (κ1) is 16.0. The Labute approximate surface area is 146 Å². The van der Waals surface area contributed by atoms with E-state index in [4.69, 9.17) is 14.2 Å². The minimum absolute atomic E-state index is 0.0399. The smallest absolute Gasteiger partial charge is 0.358 e. The van der Waals surface area contributed by atoms with E-state index in [1.165, 1.54) is 12.1 Å². The number of hydrogen-bond donors (Lipinski definition) is 0. The average molecular weight is 355 g/mol. The molecule has 0 spiro atoms. The van der Waals surface area contributed by atoms with Gasteiger partial charge < -0.3 is 18.6 Å². The lowest BCUT2D eigenvalue weighted by Crippen LogP contribution is -2.15. The van der Waals surface area contributed by atoms with Gasteiger partial charge in [-0.1, -0.05) is 6.07 Å². The lowest BCUT2D eigenvalue weighted by Gasteiger charge is -2.20. The van der Waals surface area contributed by atoms with Crippen molar-refractivity contribution < 1.29 is 23.9 Å². The molecule has 3 heterocycles. The van der Waals surface area contributed by atoms with Crippen molar-refractivity contribution in [2.24, 2.45) is 0 Å². The van der Waals surface area contributed by atoms with Crippen molar-refractivity contribution >= 4 is 17.3 Å². The summed E-state index contributed by atoms with van der Waals surface area (Å²) in [6.45, 7) is 0.0688. The van der Waals surface area contributed by atoms with Crippen molar-refractivity contribution in [1.82, 2.24) is 9.38 Å². The quantitative estimate of drug-likeness (QED) is 0.402. The Bertz CT molecular complexity index is 980. The van der Waals surface area contributed by atoms with Crippen molar-refractivity contribution in [2.75, 3.05) is 6.79 Å². The molecule has 2 aromatic heterocycles. The highest BCUT2D eigenvalue weighted by Crippen LogP contribution is 2.33. The predicted octanol–water partition coefficient (Wildman–Crippen LogP) is 2.47. The van der Waals surface area contributed by atoms with Crippen molar-refractivity contribution in [3.63, 3.8) is 0 Å². The fourth-order valence-electron chi connectivity index (χ4n) is 2.74. The number of fused-ring (bicyclic) bond motifs is 2. The molecule has 0 N–H and O–H groups in total. The molecule has 1 aliphatic rings. The number of non-ortho nitro benzene ring substituents is 1. The maximum Gasteiger partial charge on any atom is 0.358 e. The Balaban J connectivity index is 1.57. The third-order valence-electron chi connectivity index (χ3n) is 3.91. The van der Waals surface area contributed by atoms with E-state index in [0.29, 0.717) is 22.5 Å². The molecule has 9 heteroatoms. The van der Waals surface area contributed by atoms with Gasteiger partial charge in [0.25, 0.3) is 5.69 Å². The third kappa shape index (κ3) is 2.95. The molecule has 26 heavy (non-hydrogen) atoms. The number of aromatic nitrogens is 2. The van der Waals surface area contributed by atoms with Crippen LogP contribution in [0.25, 0.3) is 5.65 Å². The number of nitrogens with zero attached hydrogens (tertiary/aromatic N) is 3. The maximum atomic E-state index is 12.3. The molecule has 0 amide bonds. The number of rotatable bonds is 4. The second-order valence-electron chi connectivity index (χ2n) is 5.63. The zero-order valence-corrected chi connectivity index (χ0v) is 13.5. The van der Waals surface area contributed by atoms with E-state index in [1.54, 1.807) is 22.9 Å². The first-order valence-corrected chi connectivity index (χ1v) is 7.73. The zero-order valence-electron chi connectivity index (χ0n) is 13.5. The number of nitro groups is 1. The molecule has 0 unspecified atom stereocenters. The molecule has 0 saturated carbocycles. The van der Waals surface area contributed by atoms with E-state index in [-0.39, 0.29) is 31.4 Å². The van der Waals surface area contributed by atoms with Gasteiger partial charge in [0.15, 0.2) is 12.5 Å². The summed E-state index contributed by atoms with van der Waals surface area (Å²) >= 11 is 0. The van der Waals surface area contributed by atoms with E-state index in [0.717, 1.165) is 0 Å². The molecule has 0 aliphatic carbocycles. The van der Waals surface area contributed by atoms with Crippen LogP contribution in [0, 0.1) is 10.1 Å². The largest absolute Gasteiger partial charge is 0.467 e. The normalized spacial score (nSPS) is 13.1. The number of esters is 1. The zero-order chi connectivity index (χ0) is 18.1. The summed E-state index contributed by atoms with van der Waals surface area (Å²) in [5.74, 6) is -0.175. The van der Waals surface area contributed by atoms with Gasteiger partial charge in [0.1, 0.15) is 18.0 Å². The van der Waals surface area contributed by atoms with Crippen LogP contribution < -0.4 is 4.74 Å². The van der Waals surface area contributed by atoms with E-state index in [2.05, 4.69) is 4.98 Å². The summed E-state index contributed by atoms with van der Waals surface area (Å²) in [6, 6.07) is 8.12. The second-order valence-corrected chi connectivity index (χ2v) is 5.63. The highest BCUT2D eigenvalue weighted by atomic mass is 16.7. The SMILES string of the molecule is O=C(OCc1cc([N+](=O)[O-])cc2c1OCOC2)c1cn2ccccc2n1. The third-order valence-corrected chi connectivity index (χ3v) is 3.91. The topological polar surface area (TPSA) is 105 Å². The molecular weight excluding hydrogens is 342 g/mol. The molecule has 0 fully saturated rings. The number of carbonyl (C=O) groups is 1. The molecule has 9 nitrogen and oxygen atoms in total. The Morgan fingerprint density at radius 1 is 1.38 bits per heavy atom. The molecule has 1 aliphatic heterocycles. The number of nitro benzene ring substituents is 1. The molecule has 0 bridgehead atoms. The Morgan fingerprint density at radius 3 is 3.08 bits per heavy atom. The van der Waals surface area contributed by atoms with E-state index >= 15 is 0 Å². The van der Waals surface area contributed by atoms with Gasteiger partial charge in [0, 0.05) is 35.7 Å². The first-order valence-electron chi connectivity index (χ1n) is 7.73. The monoisotopic (exact) mass is 355 g/mol. The van der Waals surface area contributed by atoms with Crippen LogP contribution in [-0.4, -0.2) is 27.1 Å². The van der Waals surface area contributed by atoms with E-state index in [9.17, 15) is 14.9 Å². The summed E-state index contributed by atoms with van der Waals surface area (Å²) < 4.78 is 17.6. The van der Waals surface area contributed by atoms with Crippen molar-refractivity contribution in [2.45, 2.75) is 13.2 Å². The van der Waals surface area contributed by atoms with Crippen molar-refractivity contribution in [1.29, 1.82) is 0 Å². The van der Waals surface area contributed by atoms with Crippen LogP contribution in [0.5, 0.6) is 5.75 Å². The Hall–Kier alpha value is -3.46. The highest BCUT2D eigenvalue weighted by molar-refractivity contribution is 5.88. The number of carbonyl (C=O) groups excluding carboxylic acids is 1. The summed E-state index contributed by atoms with van der Waals surface area (Å²) in [7, 11) is 0. The summed E-state index contributed by atoms with van der Waals surface area (Å²) in [5, 5.41) is 11.1. The minimum Gasteiger partial charge on any atom is -0.467 e. The number of ether oxygens (including phenoxy) is 3. The van der Waals surface area contributed by atoms with Gasteiger partial charge in [0.2, 0.25) is 0 Å². The van der Waals surface area contributed by atoms with Crippen LogP contribution in [0.4, 0.5) is 5.69 Å².